The minimum absolute atomic E-state index is 0.0938. The van der Waals surface area contributed by atoms with Crippen LogP contribution in [-0.4, -0.2) is 73.2 Å². The number of aliphatic hydroxyl groups excluding tert-OH is 2. The molecule has 0 fully saturated rings. The number of rotatable bonds is 6. The van der Waals surface area contributed by atoms with Gasteiger partial charge in [-0.25, -0.2) is 8.78 Å². The molecule has 0 aromatic carbocycles. The normalized spacial score (nSPS) is 12.6. The van der Waals surface area contributed by atoms with Gasteiger partial charge in [0.05, 0.1) is 0 Å². The monoisotopic (exact) mass is 404 g/mol. The van der Waals surface area contributed by atoms with Crippen LogP contribution in [0.5, 0.6) is 0 Å². The van der Waals surface area contributed by atoms with Crippen LogP contribution in [-0.2, 0) is 20.2 Å². The average molecular weight is 404 g/mol. The molecule has 0 aliphatic rings. The Morgan fingerprint density at radius 2 is 0.913 bits per heavy atom. The molecule has 144 valence electrons. The molecule has 0 aliphatic heterocycles. The summed E-state index contributed by atoms with van der Waals surface area (Å²) >= 11 is 0. The van der Waals surface area contributed by atoms with Gasteiger partial charge >= 0.3 is 30.7 Å². The van der Waals surface area contributed by atoms with Crippen molar-refractivity contribution in [2.24, 2.45) is 0 Å². The first-order valence-electron chi connectivity index (χ1n) is 5.07. The van der Waals surface area contributed by atoms with Gasteiger partial charge in [-0.05, 0) is 6.42 Å². The molecule has 0 aliphatic carbocycles. The quantitative estimate of drug-likeness (QED) is 0.363. The zero-order valence-electron chi connectivity index (χ0n) is 11.0. The number of hydrogen-bond donors (Lipinski definition) is 4. The molecule has 4 N–H and O–H groups in total. The predicted molar refractivity (Wildman–Crippen MR) is 63.7 cm³/mol. The first-order chi connectivity index (χ1) is 10.0. The van der Waals surface area contributed by atoms with Crippen LogP contribution in [0.2, 0.25) is 0 Å². The summed E-state index contributed by atoms with van der Waals surface area (Å²) in [5.41, 5.74) is 0. The van der Waals surface area contributed by atoms with Crippen molar-refractivity contribution >= 4 is 20.2 Å². The van der Waals surface area contributed by atoms with Crippen molar-refractivity contribution in [3.8, 4) is 0 Å². The largest absolute Gasteiger partial charge is 0.397 e. The van der Waals surface area contributed by atoms with Gasteiger partial charge in [0.1, 0.15) is 0 Å². The summed E-state index contributed by atoms with van der Waals surface area (Å²) in [5, 5.41) is 6.49. The van der Waals surface area contributed by atoms with Crippen molar-refractivity contribution in [1.82, 2.24) is 0 Å². The molecule has 0 atom stereocenters. The highest BCUT2D eigenvalue weighted by Crippen LogP contribution is 2.20. The average Bonchev–Trinajstić information content (AvgIpc) is 2.38. The smallest absolute Gasteiger partial charge is 0.396 e. The van der Waals surface area contributed by atoms with Gasteiger partial charge in [0.2, 0.25) is 0 Å². The fourth-order valence-corrected chi connectivity index (χ4v) is 0.484. The van der Waals surface area contributed by atoms with E-state index in [1.54, 1.807) is 0 Å². The minimum atomic E-state index is -5.56. The Morgan fingerprint density at radius 3 is 0.913 bits per heavy atom. The van der Waals surface area contributed by atoms with Crippen LogP contribution >= 0.6 is 0 Å². The summed E-state index contributed by atoms with van der Waals surface area (Å²) in [7, 11) is -11.1. The Kier molecular flexibility index (Phi) is 13.0. The summed E-state index contributed by atoms with van der Waals surface area (Å²) in [6.07, 6.45) is 0.500. The maximum absolute atomic E-state index is 11.4. The van der Waals surface area contributed by atoms with Crippen molar-refractivity contribution < 1.29 is 62.5 Å². The summed E-state index contributed by atoms with van der Waals surface area (Å²) in [6, 6.07) is 0. The molecule has 0 saturated heterocycles. The van der Waals surface area contributed by atoms with Gasteiger partial charge in [0, 0.05) is 13.2 Å². The highest BCUT2D eigenvalue weighted by Gasteiger charge is 2.44. The van der Waals surface area contributed by atoms with E-state index in [4.69, 9.17) is 19.3 Å². The van der Waals surface area contributed by atoms with Gasteiger partial charge in [-0.1, -0.05) is 0 Å². The molecule has 0 radical (unpaired) electrons. The van der Waals surface area contributed by atoms with Crippen LogP contribution in [0.3, 0.4) is 0 Å². The van der Waals surface area contributed by atoms with Crippen molar-refractivity contribution in [3.05, 3.63) is 0 Å². The van der Waals surface area contributed by atoms with E-state index in [0.717, 1.165) is 0 Å². The maximum Gasteiger partial charge on any atom is 0.397 e. The molecule has 0 saturated carbocycles. The Balaban J connectivity index is -0.000000273. The molecular weight excluding hydrogens is 390 g/mol. The zero-order valence-corrected chi connectivity index (χ0v) is 12.7. The molecule has 8 nitrogen and oxygen atoms in total. The lowest BCUT2D eigenvalue weighted by molar-refractivity contribution is 0.0526. The predicted octanol–water partition coefficient (Wildman–Crippen LogP) is 0.234. The second-order valence-corrected chi connectivity index (χ2v) is 6.39. The van der Waals surface area contributed by atoms with Gasteiger partial charge in [-0.2, -0.15) is 34.4 Å². The summed E-state index contributed by atoms with van der Waals surface area (Å²) < 4.78 is 121. The van der Waals surface area contributed by atoms with Crippen LogP contribution < -0.4 is 0 Å². The van der Waals surface area contributed by atoms with Crippen LogP contribution in [0, 0.1) is 0 Å². The van der Waals surface area contributed by atoms with E-state index >= 15 is 0 Å². The lowest BCUT2D eigenvalue weighted by atomic mass is 10.5. The number of alkyl halides is 6. The minimum Gasteiger partial charge on any atom is -0.396 e. The van der Waals surface area contributed by atoms with Gasteiger partial charge < -0.3 is 10.2 Å². The number of halogens is 6. The molecule has 0 spiro atoms. The van der Waals surface area contributed by atoms with E-state index in [0.29, 0.717) is 6.42 Å². The van der Waals surface area contributed by atoms with Gasteiger partial charge in [-0.3, -0.25) is 9.11 Å². The molecule has 0 unspecified atom stereocenters. The lowest BCUT2D eigenvalue weighted by Crippen LogP contribution is -2.30. The molecule has 0 heterocycles. The SMILES string of the molecule is O=S(=O)(O)C(F)(F)CF.O=S(=O)(O)C(F)(F)CF.OCCCO. The zero-order chi connectivity index (χ0) is 19.5. The van der Waals surface area contributed by atoms with Crippen LogP contribution in [0.1, 0.15) is 6.42 Å². The van der Waals surface area contributed by atoms with Gasteiger partial charge in [-0.15, -0.1) is 0 Å². The Labute approximate surface area is 127 Å². The second kappa shape index (κ2) is 11.0. The van der Waals surface area contributed by atoms with E-state index in [-0.39, 0.29) is 13.2 Å². The first-order valence-corrected chi connectivity index (χ1v) is 7.95. The maximum atomic E-state index is 11.4. The van der Waals surface area contributed by atoms with Crippen LogP contribution in [0.25, 0.3) is 0 Å². The molecule has 0 bridgehead atoms. The van der Waals surface area contributed by atoms with Crippen molar-refractivity contribution in [2.75, 3.05) is 26.6 Å². The first kappa shape index (κ1) is 27.2. The van der Waals surface area contributed by atoms with Crippen LogP contribution in [0.15, 0.2) is 0 Å². The van der Waals surface area contributed by atoms with Crippen molar-refractivity contribution in [3.63, 3.8) is 0 Å². The third-order valence-corrected chi connectivity index (χ3v) is 3.11. The third kappa shape index (κ3) is 12.4. The highest BCUT2D eigenvalue weighted by molar-refractivity contribution is 7.87. The molecular formula is C7H14F6O8S2. The van der Waals surface area contributed by atoms with E-state index in [9.17, 15) is 43.2 Å². The van der Waals surface area contributed by atoms with E-state index in [1.807, 2.05) is 0 Å². The van der Waals surface area contributed by atoms with E-state index in [1.165, 1.54) is 0 Å². The molecule has 0 aromatic rings. The van der Waals surface area contributed by atoms with Crippen molar-refractivity contribution in [1.29, 1.82) is 0 Å². The molecule has 0 aromatic heterocycles. The fraction of sp³-hybridized carbons (Fsp3) is 1.00. The molecule has 16 heteroatoms. The Hall–Kier alpha value is -0.680. The van der Waals surface area contributed by atoms with Gasteiger partial charge in [0.25, 0.3) is 0 Å². The third-order valence-electron chi connectivity index (χ3n) is 1.38. The second-order valence-electron chi connectivity index (χ2n) is 3.29. The molecule has 23 heavy (non-hydrogen) atoms. The van der Waals surface area contributed by atoms with E-state index in [2.05, 4.69) is 0 Å². The standard InChI is InChI=1S/C3H8O2.2C2H3F3O3S/c4-2-1-3-5;2*3-1-2(4,5)9(6,7)8/h4-5H,1-3H2;2*1H2,(H,6,7,8). The topological polar surface area (TPSA) is 149 Å². The van der Waals surface area contributed by atoms with Gasteiger partial charge in [0.15, 0.2) is 13.3 Å². The summed E-state index contributed by atoms with van der Waals surface area (Å²) in [6.45, 7) is -4.63. The Morgan fingerprint density at radius 1 is 0.696 bits per heavy atom. The number of hydrogen-bond acceptors (Lipinski definition) is 6. The van der Waals surface area contributed by atoms with Crippen LogP contribution in [0.4, 0.5) is 26.3 Å². The number of aliphatic hydroxyl groups is 2. The molecule has 0 amide bonds. The van der Waals surface area contributed by atoms with E-state index < -0.39 is 44.1 Å². The summed E-state index contributed by atoms with van der Waals surface area (Å²) in [5.74, 6) is 0. The summed E-state index contributed by atoms with van der Waals surface area (Å²) in [4.78, 5) is 0. The fourth-order valence-electron chi connectivity index (χ4n) is 0.209. The van der Waals surface area contributed by atoms with Crippen molar-refractivity contribution in [2.45, 2.75) is 16.9 Å². The highest BCUT2D eigenvalue weighted by atomic mass is 32.2. The Bertz CT molecular complexity index is 459. The molecule has 0 rings (SSSR count). The lowest BCUT2D eigenvalue weighted by Gasteiger charge is -2.05.